The lowest BCUT2D eigenvalue weighted by Gasteiger charge is -2.27. The number of benzene rings is 1. The van der Waals surface area contributed by atoms with Crippen LogP contribution in [0.2, 0.25) is 0 Å². The summed E-state index contributed by atoms with van der Waals surface area (Å²) in [7, 11) is -4.13. The Morgan fingerprint density at radius 2 is 1.85 bits per heavy atom. The molecule has 0 spiro atoms. The smallest absolute Gasteiger partial charge is 0.407 e. The topological polar surface area (TPSA) is 105 Å². The quantitative estimate of drug-likeness (QED) is 0.568. The van der Waals surface area contributed by atoms with Crippen LogP contribution in [0.15, 0.2) is 52.5 Å². The van der Waals surface area contributed by atoms with Gasteiger partial charge >= 0.3 is 6.09 Å². The molecule has 0 aliphatic heterocycles. The molecule has 0 bridgehead atoms. The van der Waals surface area contributed by atoms with Gasteiger partial charge in [-0.15, -0.1) is 0 Å². The Hall–Kier alpha value is -3.27. The Morgan fingerprint density at radius 1 is 1.15 bits per heavy atom. The van der Waals surface area contributed by atoms with Gasteiger partial charge in [0.2, 0.25) is 9.84 Å². The van der Waals surface area contributed by atoms with E-state index < -0.39 is 21.7 Å². The van der Waals surface area contributed by atoms with Crippen LogP contribution in [0.4, 0.5) is 9.18 Å². The van der Waals surface area contributed by atoms with E-state index in [0.29, 0.717) is 11.3 Å². The van der Waals surface area contributed by atoms with Gasteiger partial charge in [0.05, 0.1) is 17.1 Å². The first-order valence-electron chi connectivity index (χ1n) is 10.3. The van der Waals surface area contributed by atoms with Crippen LogP contribution in [0, 0.1) is 25.1 Å². The number of carboxylic acid groups (broad SMARTS) is 1. The van der Waals surface area contributed by atoms with Gasteiger partial charge in [-0.3, -0.25) is 4.98 Å². The minimum atomic E-state index is -4.13. The lowest BCUT2D eigenvalue weighted by molar-refractivity contribution is 0.122. The molecule has 176 valence electrons. The van der Waals surface area contributed by atoms with Crippen LogP contribution >= 0.6 is 0 Å². The molecule has 0 saturated carbocycles. The van der Waals surface area contributed by atoms with Crippen molar-refractivity contribution in [3.05, 3.63) is 65.4 Å². The number of aryl methyl sites for hydroxylation is 2. The first-order valence-corrected chi connectivity index (χ1v) is 11.8. The number of sulfone groups is 1. The van der Waals surface area contributed by atoms with E-state index in [1.807, 2.05) is 20.8 Å². The highest BCUT2D eigenvalue weighted by Gasteiger charge is 2.28. The van der Waals surface area contributed by atoms with E-state index in [-0.39, 0.29) is 39.8 Å². The lowest BCUT2D eigenvalue weighted by atomic mass is 9.96. The average molecular weight is 475 g/mol. The molecule has 1 aromatic carbocycles. The highest BCUT2D eigenvalue weighted by atomic mass is 32.2. The van der Waals surface area contributed by atoms with Gasteiger partial charge in [0.15, 0.2) is 5.03 Å². The molecule has 0 unspecified atom stereocenters. The summed E-state index contributed by atoms with van der Waals surface area (Å²) in [5.41, 5.74) is 1.11. The fraction of sp³-hybridized carbons (Fsp3) is 0.348. The molecule has 0 aliphatic carbocycles. The van der Waals surface area contributed by atoms with Crippen LogP contribution in [-0.2, 0) is 16.4 Å². The molecule has 0 aliphatic rings. The van der Waals surface area contributed by atoms with Gasteiger partial charge < -0.3 is 10.0 Å². The molecule has 0 atom stereocenters. The number of halogens is 1. The Kier molecular flexibility index (Phi) is 6.60. The van der Waals surface area contributed by atoms with Gasteiger partial charge in [-0.2, -0.15) is 5.10 Å². The number of amides is 1. The van der Waals surface area contributed by atoms with Crippen molar-refractivity contribution in [3.8, 4) is 5.69 Å². The molecular formula is C23H27FN4O4S. The molecule has 8 nitrogen and oxygen atoms in total. The van der Waals surface area contributed by atoms with Crippen molar-refractivity contribution in [3.63, 3.8) is 0 Å². The summed E-state index contributed by atoms with van der Waals surface area (Å²) in [6.07, 6.45) is 0.0733. The number of hydrogen-bond acceptors (Lipinski definition) is 5. The van der Waals surface area contributed by atoms with Crippen molar-refractivity contribution < 1.29 is 22.7 Å². The molecule has 33 heavy (non-hydrogen) atoms. The lowest BCUT2D eigenvalue weighted by Crippen LogP contribution is -2.36. The van der Waals surface area contributed by atoms with Crippen LogP contribution < -0.4 is 0 Å². The van der Waals surface area contributed by atoms with E-state index in [4.69, 9.17) is 0 Å². The molecule has 1 amide bonds. The van der Waals surface area contributed by atoms with Gasteiger partial charge in [0.25, 0.3) is 0 Å². The van der Waals surface area contributed by atoms with Crippen molar-refractivity contribution in [1.82, 2.24) is 19.7 Å². The zero-order valence-electron chi connectivity index (χ0n) is 19.2. The molecule has 2 heterocycles. The van der Waals surface area contributed by atoms with Crippen LogP contribution in [0.5, 0.6) is 0 Å². The fourth-order valence-electron chi connectivity index (χ4n) is 3.33. The zero-order valence-corrected chi connectivity index (χ0v) is 20.0. The van der Waals surface area contributed by atoms with Crippen molar-refractivity contribution in [2.24, 2.45) is 5.41 Å². The molecule has 0 fully saturated rings. The van der Waals surface area contributed by atoms with Crippen molar-refractivity contribution in [1.29, 1.82) is 0 Å². The fourth-order valence-corrected chi connectivity index (χ4v) is 4.67. The Balaban J connectivity index is 2.16. The number of pyridine rings is 1. The minimum Gasteiger partial charge on any atom is -0.465 e. The largest absolute Gasteiger partial charge is 0.465 e. The highest BCUT2D eigenvalue weighted by molar-refractivity contribution is 7.91. The molecule has 10 heteroatoms. The molecule has 3 aromatic rings. The second-order valence-electron chi connectivity index (χ2n) is 9.18. The number of nitrogens with zero attached hydrogens (tertiary/aromatic N) is 4. The Morgan fingerprint density at radius 3 is 2.39 bits per heavy atom. The molecular weight excluding hydrogens is 447 g/mol. The third-order valence-electron chi connectivity index (χ3n) is 4.82. The maximum atomic E-state index is 14.8. The summed E-state index contributed by atoms with van der Waals surface area (Å²) in [4.78, 5) is 16.9. The summed E-state index contributed by atoms with van der Waals surface area (Å²) in [5, 5.41) is 13.7. The van der Waals surface area contributed by atoms with E-state index in [0.717, 1.165) is 9.58 Å². The summed E-state index contributed by atoms with van der Waals surface area (Å²) in [5.74, 6) is -0.645. The molecule has 0 saturated heterocycles. The maximum absolute atomic E-state index is 14.8. The van der Waals surface area contributed by atoms with Crippen molar-refractivity contribution in [2.75, 3.05) is 6.54 Å². The van der Waals surface area contributed by atoms with Crippen molar-refractivity contribution >= 4 is 15.9 Å². The standard InChI is InChI=1S/C23H27FN4O4S/c1-15-6-9-20(19(24)10-15)28-21(33(31,32)18-8-7-16(2)25-12-18)11-17(26-28)13-27(22(29)30)14-23(3,4)5/h6-12H,13-14H2,1-5H3,(H,29,30). The molecule has 3 rings (SSSR count). The average Bonchev–Trinajstić information content (AvgIpc) is 3.11. The number of carbonyl (C=O) groups is 1. The monoisotopic (exact) mass is 474 g/mol. The number of aromatic nitrogens is 3. The molecule has 1 N–H and O–H groups in total. The van der Waals surface area contributed by atoms with E-state index in [1.165, 1.54) is 30.5 Å². The van der Waals surface area contributed by atoms with Crippen LogP contribution in [-0.4, -0.2) is 45.8 Å². The van der Waals surface area contributed by atoms with Gasteiger partial charge in [-0.25, -0.2) is 22.3 Å². The van der Waals surface area contributed by atoms with Crippen LogP contribution in [0.1, 0.15) is 37.7 Å². The predicted molar refractivity (Wildman–Crippen MR) is 121 cm³/mol. The second kappa shape index (κ2) is 8.93. The third-order valence-corrected chi connectivity index (χ3v) is 6.52. The van der Waals surface area contributed by atoms with Gasteiger partial charge in [-0.05, 0) is 49.1 Å². The summed E-state index contributed by atoms with van der Waals surface area (Å²) < 4.78 is 42.7. The van der Waals surface area contributed by atoms with E-state index in [9.17, 15) is 22.7 Å². The minimum absolute atomic E-state index is 0.0526. The van der Waals surface area contributed by atoms with Crippen molar-refractivity contribution in [2.45, 2.75) is 51.1 Å². The predicted octanol–water partition coefficient (Wildman–Crippen LogP) is 4.38. The normalized spacial score (nSPS) is 12.1. The van der Waals surface area contributed by atoms with E-state index >= 15 is 0 Å². The second-order valence-corrected chi connectivity index (χ2v) is 11.1. The number of hydrogen-bond donors (Lipinski definition) is 1. The van der Waals surface area contributed by atoms with E-state index in [2.05, 4.69) is 10.1 Å². The molecule has 2 aromatic heterocycles. The van der Waals surface area contributed by atoms with E-state index in [1.54, 1.807) is 26.0 Å². The van der Waals surface area contributed by atoms with Gasteiger partial charge in [-0.1, -0.05) is 26.8 Å². The summed E-state index contributed by atoms with van der Waals surface area (Å²) in [6, 6.07) is 8.64. The molecule has 0 radical (unpaired) electrons. The maximum Gasteiger partial charge on any atom is 0.407 e. The summed E-state index contributed by atoms with van der Waals surface area (Å²) >= 11 is 0. The number of rotatable bonds is 6. The summed E-state index contributed by atoms with van der Waals surface area (Å²) in [6.45, 7) is 9.18. The Labute approximate surface area is 192 Å². The van der Waals surface area contributed by atoms with Gasteiger partial charge in [0.1, 0.15) is 11.5 Å². The van der Waals surface area contributed by atoms with Crippen LogP contribution in [0.25, 0.3) is 5.69 Å². The third kappa shape index (κ3) is 5.57. The van der Waals surface area contributed by atoms with Gasteiger partial charge in [0, 0.05) is 24.5 Å². The first-order chi connectivity index (χ1) is 15.3. The van der Waals surface area contributed by atoms with Crippen LogP contribution in [0.3, 0.4) is 0 Å². The Bertz CT molecular complexity index is 1280. The highest BCUT2D eigenvalue weighted by Crippen LogP contribution is 2.27. The SMILES string of the molecule is Cc1ccc(-n2nc(CN(CC(C)(C)C)C(=O)O)cc2S(=O)(=O)c2ccc(C)nc2)c(F)c1. The zero-order chi connectivity index (χ0) is 24.6. The first kappa shape index (κ1) is 24.4.